The Morgan fingerprint density at radius 2 is 1.47 bits per heavy atom. The maximum Gasteiger partial charge on any atom is 0.264 e. The number of unbranched alkanes of at least 4 members (excludes halogenated alkanes) is 2. The van der Waals surface area contributed by atoms with E-state index in [9.17, 15) is 32.4 Å². The van der Waals surface area contributed by atoms with Crippen LogP contribution in [0.4, 0.5) is 17.1 Å². The molecule has 8 aliphatic rings. The minimum atomic E-state index is -4.15. The topological polar surface area (TPSA) is 184 Å². The van der Waals surface area contributed by atoms with Crippen molar-refractivity contribution in [2.24, 2.45) is 16.2 Å². The van der Waals surface area contributed by atoms with Crippen LogP contribution in [-0.4, -0.2) is 154 Å². The molecular formula is C65H83N9O7S2. The number of piperazine rings is 2. The molecular weight excluding hydrogens is 1080 g/mol. The Kier molecular flexibility index (Phi) is 17.3. The summed E-state index contributed by atoms with van der Waals surface area (Å²) in [6.45, 7) is 20.6. The van der Waals surface area contributed by atoms with Crippen molar-refractivity contribution in [1.82, 2.24) is 29.6 Å². The van der Waals surface area contributed by atoms with Gasteiger partial charge in [0.25, 0.3) is 27.7 Å². The molecule has 4 aromatic carbocycles. The molecule has 6 fully saturated rings. The van der Waals surface area contributed by atoms with E-state index in [0.717, 1.165) is 125 Å². The molecule has 18 heteroatoms. The van der Waals surface area contributed by atoms with E-state index in [2.05, 4.69) is 73.2 Å². The summed E-state index contributed by atoms with van der Waals surface area (Å²) in [5.41, 5.74) is 9.14. The Bertz CT molecular complexity index is 3220. The molecule has 0 spiro atoms. The summed E-state index contributed by atoms with van der Waals surface area (Å²) in [5.74, 6) is -1.87. The zero-order valence-electron chi connectivity index (χ0n) is 48.9. The summed E-state index contributed by atoms with van der Waals surface area (Å²) in [6, 6.07) is 27.0. The van der Waals surface area contributed by atoms with Gasteiger partial charge in [0.2, 0.25) is 11.8 Å². The zero-order valence-corrected chi connectivity index (χ0v) is 50.5. The van der Waals surface area contributed by atoms with Crippen molar-refractivity contribution in [1.29, 1.82) is 0 Å². The quantitative estimate of drug-likeness (QED) is 0.0239. The standard InChI is InChI=1S/C65H83N9O7S2/c1-45-38-51(83(80,81)69-59(76)46-16-18-49(19-17-46)73-36-34-72(35-37-73)40-47-24-26-63(2,3)39-53(47)65-42-64(4,43-65)44-65)20-21-54(45)67-48(41-82-50-12-7-5-8-13-50)25-29-71-32-30-70(31-33-71)28-10-6-9-27-66-55-15-11-14-52-58(55)62(79)74(61(52)78)56-22-23-57(75)68-60(56)77/h5,7-8,11-21,38,48,56,66-67H,6,9-10,22-37,39-44H2,1-4H3,(H,69,76)(H,68,75,77)/t48-,56?,64?,65?/m1/s1. The molecule has 3 saturated carbocycles. The van der Waals surface area contributed by atoms with Crippen LogP contribution < -0.4 is 25.6 Å². The highest BCUT2D eigenvalue weighted by Gasteiger charge is 2.67. The van der Waals surface area contributed by atoms with Crippen molar-refractivity contribution in [3.05, 3.63) is 124 Å². The number of carbonyl (C=O) groups is 5. The number of sulfonamides is 1. The molecule has 3 saturated heterocycles. The number of carbonyl (C=O) groups excluding carboxylic acids is 5. The van der Waals surface area contributed by atoms with Gasteiger partial charge in [-0.3, -0.25) is 39.1 Å². The number of benzene rings is 4. The van der Waals surface area contributed by atoms with Gasteiger partial charge in [-0.15, -0.1) is 11.8 Å². The van der Waals surface area contributed by atoms with E-state index in [1.807, 2.05) is 48.9 Å². The third kappa shape index (κ3) is 13.3. The van der Waals surface area contributed by atoms with E-state index in [1.165, 1.54) is 43.4 Å². The number of aryl methyl sites for hydroxylation is 1. The van der Waals surface area contributed by atoms with Crippen LogP contribution >= 0.6 is 11.8 Å². The van der Waals surface area contributed by atoms with E-state index in [1.54, 1.807) is 59.8 Å². The van der Waals surface area contributed by atoms with Crippen LogP contribution in [-0.2, 0) is 19.6 Å². The summed E-state index contributed by atoms with van der Waals surface area (Å²) in [6.07, 6.45) is 11.9. The fraction of sp³-hybridized carbons (Fsp3) is 0.523. The van der Waals surface area contributed by atoms with E-state index in [0.29, 0.717) is 34.0 Å². The van der Waals surface area contributed by atoms with Crippen LogP contribution in [0.15, 0.2) is 112 Å². The first-order valence-electron chi connectivity index (χ1n) is 30.3. The lowest BCUT2D eigenvalue weighted by molar-refractivity contribution is -0.167. The molecule has 4 aromatic rings. The first-order chi connectivity index (χ1) is 39.8. The van der Waals surface area contributed by atoms with Gasteiger partial charge in [0.15, 0.2) is 0 Å². The summed E-state index contributed by atoms with van der Waals surface area (Å²) >= 11 is 1.80. The maximum absolute atomic E-state index is 13.7. The molecule has 442 valence electrons. The van der Waals surface area contributed by atoms with Crippen molar-refractivity contribution < 1.29 is 32.4 Å². The van der Waals surface area contributed by atoms with Gasteiger partial charge in [-0.1, -0.05) is 62.6 Å². The number of amides is 5. The number of rotatable bonds is 23. The second kappa shape index (κ2) is 24.5. The average Bonchev–Trinajstić information content (AvgIpc) is 1.40. The van der Waals surface area contributed by atoms with Crippen LogP contribution in [0.3, 0.4) is 0 Å². The smallest absolute Gasteiger partial charge is 0.264 e. The first-order valence-corrected chi connectivity index (χ1v) is 32.7. The first kappa shape index (κ1) is 58.7. The Hall–Kier alpha value is -6.05. The molecule has 1 unspecified atom stereocenters. The maximum atomic E-state index is 13.7. The van der Waals surface area contributed by atoms with Gasteiger partial charge in [0, 0.05) is 118 Å². The van der Waals surface area contributed by atoms with Crippen molar-refractivity contribution in [2.75, 3.05) is 99.8 Å². The third-order valence-electron chi connectivity index (χ3n) is 18.9. The van der Waals surface area contributed by atoms with Gasteiger partial charge in [-0.05, 0) is 166 Å². The van der Waals surface area contributed by atoms with E-state index in [4.69, 9.17) is 0 Å². The summed E-state index contributed by atoms with van der Waals surface area (Å²) in [5, 5.41) is 9.37. The SMILES string of the molecule is Cc1cc(S(=O)(=O)NC(=O)c2ccc(N3CCN(CC4=C(C56CC(C)(C5)C6)CC(C)(C)CC4)CC3)cc2)ccc1N[C@H](CCN1CCN(CCCCCNc2cccc3c2C(=O)N(C2CCC(=O)NC2=O)C3=O)CC1)CSc1ccccc1. The van der Waals surface area contributed by atoms with Gasteiger partial charge < -0.3 is 25.3 Å². The molecule has 4 N–H and O–H groups in total. The van der Waals surface area contributed by atoms with Crippen LogP contribution in [0.2, 0.25) is 0 Å². The highest BCUT2D eigenvalue weighted by molar-refractivity contribution is 7.99. The number of piperidine rings is 1. The number of nitrogens with one attached hydrogen (secondary N) is 4. The second-order valence-electron chi connectivity index (χ2n) is 25.9. The van der Waals surface area contributed by atoms with E-state index in [-0.39, 0.29) is 34.9 Å². The molecule has 4 heterocycles. The normalized spacial score (nSPS) is 24.2. The summed E-state index contributed by atoms with van der Waals surface area (Å²) < 4.78 is 29.8. The highest BCUT2D eigenvalue weighted by atomic mass is 32.2. The number of imide groups is 2. The van der Waals surface area contributed by atoms with Crippen LogP contribution in [0, 0.1) is 23.2 Å². The molecule has 4 aliphatic carbocycles. The zero-order chi connectivity index (χ0) is 58.1. The van der Waals surface area contributed by atoms with Crippen LogP contribution in [0.5, 0.6) is 0 Å². The number of hydrogen-bond donors (Lipinski definition) is 4. The fourth-order valence-corrected chi connectivity index (χ4v) is 16.4. The molecule has 2 bridgehead atoms. The van der Waals surface area contributed by atoms with Gasteiger partial charge in [0.1, 0.15) is 6.04 Å². The van der Waals surface area contributed by atoms with E-state index < -0.39 is 45.6 Å². The minimum Gasteiger partial charge on any atom is -0.384 e. The largest absolute Gasteiger partial charge is 0.384 e. The minimum absolute atomic E-state index is 0.0413. The van der Waals surface area contributed by atoms with Gasteiger partial charge in [0.05, 0.1) is 16.0 Å². The fourth-order valence-electron chi connectivity index (χ4n) is 14.4. The van der Waals surface area contributed by atoms with Crippen molar-refractivity contribution in [3.8, 4) is 0 Å². The number of thioether (sulfide) groups is 1. The Labute approximate surface area is 495 Å². The molecule has 12 rings (SSSR count). The molecule has 4 aliphatic heterocycles. The van der Waals surface area contributed by atoms with E-state index >= 15 is 0 Å². The molecule has 0 aromatic heterocycles. The molecule has 83 heavy (non-hydrogen) atoms. The van der Waals surface area contributed by atoms with Gasteiger partial charge >= 0.3 is 0 Å². The molecule has 5 amide bonds. The lowest BCUT2D eigenvalue weighted by Gasteiger charge is -2.72. The predicted octanol–water partition coefficient (Wildman–Crippen LogP) is 9.20. The number of allylic oxidation sites excluding steroid dienone is 1. The lowest BCUT2D eigenvalue weighted by atomic mass is 9.33. The highest BCUT2D eigenvalue weighted by Crippen LogP contribution is 2.77. The lowest BCUT2D eigenvalue weighted by Crippen LogP contribution is -2.61. The van der Waals surface area contributed by atoms with Crippen molar-refractivity contribution in [2.45, 2.75) is 127 Å². The van der Waals surface area contributed by atoms with Crippen LogP contribution in [0.25, 0.3) is 0 Å². The van der Waals surface area contributed by atoms with Gasteiger partial charge in [-0.25, -0.2) is 13.1 Å². The second-order valence-corrected chi connectivity index (χ2v) is 28.6. The summed E-state index contributed by atoms with van der Waals surface area (Å²) in [4.78, 5) is 76.7. The summed E-state index contributed by atoms with van der Waals surface area (Å²) in [7, 11) is -4.15. The average molecular weight is 1170 g/mol. The van der Waals surface area contributed by atoms with Crippen molar-refractivity contribution in [3.63, 3.8) is 0 Å². The Morgan fingerprint density at radius 3 is 2.17 bits per heavy atom. The number of anilines is 3. The van der Waals surface area contributed by atoms with Crippen molar-refractivity contribution >= 4 is 68.4 Å². The number of fused-ring (bicyclic) bond motifs is 1. The number of hydrogen-bond acceptors (Lipinski definition) is 14. The monoisotopic (exact) mass is 1170 g/mol. The Morgan fingerprint density at radius 1 is 0.759 bits per heavy atom. The number of nitrogens with zero attached hydrogens (tertiary/aromatic N) is 5. The molecule has 0 radical (unpaired) electrons. The predicted molar refractivity (Wildman–Crippen MR) is 328 cm³/mol. The van der Waals surface area contributed by atoms with Gasteiger partial charge in [-0.2, -0.15) is 0 Å². The van der Waals surface area contributed by atoms with Crippen LogP contribution in [0.1, 0.15) is 134 Å². The third-order valence-corrected chi connectivity index (χ3v) is 21.4. The Balaban J connectivity index is 0.616. The molecule has 16 nitrogen and oxygen atoms in total. The molecule has 2 atom stereocenters.